The lowest BCUT2D eigenvalue weighted by atomic mass is 10.1. The minimum Gasteiger partial charge on any atom is -0.506 e. The van der Waals surface area contributed by atoms with Crippen molar-refractivity contribution in [3.8, 4) is 0 Å². The fourth-order valence-corrected chi connectivity index (χ4v) is 2.26. The van der Waals surface area contributed by atoms with E-state index < -0.39 is 11.9 Å². The van der Waals surface area contributed by atoms with Crippen molar-refractivity contribution in [1.82, 2.24) is 5.43 Å². The van der Waals surface area contributed by atoms with Crippen molar-refractivity contribution in [1.29, 1.82) is 0 Å². The maximum absolute atomic E-state index is 12.1. The molecule has 0 unspecified atom stereocenters. The van der Waals surface area contributed by atoms with Crippen LogP contribution in [0, 0.1) is 0 Å². The van der Waals surface area contributed by atoms with Crippen molar-refractivity contribution < 1.29 is 19.4 Å². The number of nitrogens with one attached hydrogen (secondary N) is 1. The van der Waals surface area contributed by atoms with Gasteiger partial charge in [-0.1, -0.05) is 46.3 Å². The van der Waals surface area contributed by atoms with Crippen molar-refractivity contribution in [3.05, 3.63) is 75.8 Å². The Labute approximate surface area is 159 Å². The van der Waals surface area contributed by atoms with Crippen LogP contribution in [-0.4, -0.2) is 29.8 Å². The lowest BCUT2D eigenvalue weighted by Gasteiger charge is -2.07. The molecule has 1 amide bonds. The van der Waals surface area contributed by atoms with Gasteiger partial charge in [0, 0.05) is 15.6 Å². The Morgan fingerprint density at radius 2 is 1.77 bits per heavy atom. The van der Waals surface area contributed by atoms with Crippen LogP contribution in [0.5, 0.6) is 0 Å². The summed E-state index contributed by atoms with van der Waals surface area (Å²) >= 11 is 3.29. The molecule has 0 radical (unpaired) electrons. The van der Waals surface area contributed by atoms with Gasteiger partial charge in [-0.2, -0.15) is 5.10 Å². The number of amides is 1. The summed E-state index contributed by atoms with van der Waals surface area (Å²) in [6, 6.07) is 15.2. The summed E-state index contributed by atoms with van der Waals surface area (Å²) in [5.74, 6) is -1.47. The molecule has 2 aromatic rings. The molecule has 0 saturated carbocycles. The van der Waals surface area contributed by atoms with Gasteiger partial charge in [-0.05, 0) is 31.2 Å². The number of carbonyl (C=O) groups is 2. The van der Waals surface area contributed by atoms with E-state index in [9.17, 15) is 14.7 Å². The summed E-state index contributed by atoms with van der Waals surface area (Å²) in [4.78, 5) is 24.1. The second-order valence-corrected chi connectivity index (χ2v) is 5.97. The molecule has 2 N–H and O–H groups in total. The predicted octanol–water partition coefficient (Wildman–Crippen LogP) is 3.70. The quantitative estimate of drug-likeness (QED) is 0.247. The van der Waals surface area contributed by atoms with Crippen LogP contribution in [0.2, 0.25) is 0 Å². The molecule has 134 valence electrons. The van der Waals surface area contributed by atoms with Gasteiger partial charge in [-0.3, -0.25) is 4.79 Å². The maximum atomic E-state index is 12.1. The first kappa shape index (κ1) is 19.4. The predicted molar refractivity (Wildman–Crippen MR) is 103 cm³/mol. The van der Waals surface area contributed by atoms with Gasteiger partial charge in [0.15, 0.2) is 0 Å². The molecule has 0 spiro atoms. The van der Waals surface area contributed by atoms with Crippen LogP contribution in [0.3, 0.4) is 0 Å². The van der Waals surface area contributed by atoms with Gasteiger partial charge < -0.3 is 9.84 Å². The Kier molecular flexibility index (Phi) is 7.11. The minimum absolute atomic E-state index is 0.142. The molecule has 0 saturated heterocycles. The maximum Gasteiger partial charge on any atom is 0.343 e. The van der Waals surface area contributed by atoms with Crippen molar-refractivity contribution >= 4 is 39.8 Å². The van der Waals surface area contributed by atoms with E-state index in [1.54, 1.807) is 61.5 Å². The topological polar surface area (TPSA) is 88.0 Å². The Bertz CT molecular complexity index is 830. The molecule has 0 aliphatic carbocycles. The number of hydrazone groups is 1. The molecule has 0 heterocycles. The Morgan fingerprint density at radius 1 is 1.12 bits per heavy atom. The van der Waals surface area contributed by atoms with E-state index in [0.717, 1.165) is 10.7 Å². The third kappa shape index (κ3) is 5.29. The smallest absolute Gasteiger partial charge is 0.343 e. The molecule has 0 atom stereocenters. The number of hydrogen-bond donors (Lipinski definition) is 2. The number of aliphatic hydroxyl groups excluding tert-OH is 1. The Morgan fingerprint density at radius 3 is 2.38 bits per heavy atom. The summed E-state index contributed by atoms with van der Waals surface area (Å²) in [5.41, 5.74) is 2.99. The highest BCUT2D eigenvalue weighted by molar-refractivity contribution is 9.10. The monoisotopic (exact) mass is 416 g/mol. The van der Waals surface area contributed by atoms with Crippen molar-refractivity contribution in [3.63, 3.8) is 0 Å². The largest absolute Gasteiger partial charge is 0.506 e. The number of benzene rings is 2. The van der Waals surface area contributed by atoms with Crippen LogP contribution in [0.15, 0.2) is 69.7 Å². The van der Waals surface area contributed by atoms with Crippen LogP contribution >= 0.6 is 15.9 Å². The molecular formula is C19H17BrN2O4. The molecule has 7 heteroatoms. The van der Waals surface area contributed by atoms with E-state index in [2.05, 4.69) is 26.5 Å². The standard InChI is InChI=1S/C19H17BrN2O4/c1-2-26-19(25)16(17(23)13-6-4-3-5-7-13)12-21-22-18(24)14-8-10-15(20)11-9-14/h3-12,23H,2H2,1H3,(H,22,24). The molecule has 0 aliphatic rings. The lowest BCUT2D eigenvalue weighted by molar-refractivity contribution is -0.137. The SMILES string of the molecule is CCOC(=O)C(C=NNC(=O)c1ccc(Br)cc1)=C(O)c1ccccc1. The van der Waals surface area contributed by atoms with Gasteiger partial charge in [-0.25, -0.2) is 10.2 Å². The normalized spacial score (nSPS) is 11.8. The van der Waals surface area contributed by atoms with Gasteiger partial charge in [0.1, 0.15) is 11.3 Å². The number of esters is 1. The van der Waals surface area contributed by atoms with Gasteiger partial charge in [0.05, 0.1) is 12.8 Å². The third-order valence-electron chi connectivity index (χ3n) is 3.26. The molecular weight excluding hydrogens is 400 g/mol. The van der Waals surface area contributed by atoms with E-state index in [1.165, 1.54) is 0 Å². The van der Waals surface area contributed by atoms with Gasteiger partial charge >= 0.3 is 5.97 Å². The van der Waals surface area contributed by atoms with Crippen LogP contribution in [0.25, 0.3) is 5.76 Å². The van der Waals surface area contributed by atoms with Gasteiger partial charge in [-0.15, -0.1) is 0 Å². The number of carbonyl (C=O) groups excluding carboxylic acids is 2. The van der Waals surface area contributed by atoms with Crippen LogP contribution in [0.4, 0.5) is 0 Å². The average Bonchev–Trinajstić information content (AvgIpc) is 2.66. The van der Waals surface area contributed by atoms with E-state index >= 15 is 0 Å². The summed E-state index contributed by atoms with van der Waals surface area (Å²) in [7, 11) is 0. The highest BCUT2D eigenvalue weighted by Gasteiger charge is 2.16. The lowest BCUT2D eigenvalue weighted by Crippen LogP contribution is -2.19. The van der Waals surface area contributed by atoms with E-state index in [0.29, 0.717) is 11.1 Å². The number of aliphatic hydroxyl groups is 1. The average molecular weight is 417 g/mol. The van der Waals surface area contributed by atoms with Gasteiger partial charge in [0.2, 0.25) is 0 Å². The van der Waals surface area contributed by atoms with Crippen molar-refractivity contribution in [2.45, 2.75) is 6.92 Å². The van der Waals surface area contributed by atoms with E-state index in [4.69, 9.17) is 4.74 Å². The second kappa shape index (κ2) is 9.53. The number of hydrogen-bond acceptors (Lipinski definition) is 5. The summed E-state index contributed by atoms with van der Waals surface area (Å²) < 4.78 is 5.78. The summed E-state index contributed by atoms with van der Waals surface area (Å²) in [6.45, 7) is 1.80. The Hall–Kier alpha value is -2.93. The number of nitrogens with zero attached hydrogens (tertiary/aromatic N) is 1. The molecule has 26 heavy (non-hydrogen) atoms. The third-order valence-corrected chi connectivity index (χ3v) is 3.79. The minimum atomic E-state index is -0.740. The summed E-state index contributed by atoms with van der Waals surface area (Å²) in [6.07, 6.45) is 1.07. The zero-order chi connectivity index (χ0) is 18.9. The molecule has 0 fully saturated rings. The van der Waals surface area contributed by atoms with Crippen molar-refractivity contribution in [2.75, 3.05) is 6.61 Å². The molecule has 2 aromatic carbocycles. The van der Waals surface area contributed by atoms with Crippen LogP contribution < -0.4 is 5.43 Å². The second-order valence-electron chi connectivity index (χ2n) is 5.05. The zero-order valence-corrected chi connectivity index (χ0v) is 15.6. The van der Waals surface area contributed by atoms with Gasteiger partial charge in [0.25, 0.3) is 5.91 Å². The fourth-order valence-electron chi connectivity index (χ4n) is 1.99. The molecule has 0 bridgehead atoms. The molecule has 6 nitrogen and oxygen atoms in total. The first-order valence-corrected chi connectivity index (χ1v) is 8.57. The van der Waals surface area contributed by atoms with E-state index in [-0.39, 0.29) is 17.9 Å². The summed E-state index contributed by atoms with van der Waals surface area (Å²) in [5, 5.41) is 14.1. The Balaban J connectivity index is 2.21. The molecule has 2 rings (SSSR count). The molecule has 0 aliphatic heterocycles. The fraction of sp³-hybridized carbons (Fsp3) is 0.105. The number of halogens is 1. The highest BCUT2D eigenvalue weighted by Crippen LogP contribution is 2.16. The van der Waals surface area contributed by atoms with Crippen LogP contribution in [-0.2, 0) is 9.53 Å². The van der Waals surface area contributed by atoms with E-state index in [1.807, 2.05) is 0 Å². The zero-order valence-electron chi connectivity index (χ0n) is 14.0. The highest BCUT2D eigenvalue weighted by atomic mass is 79.9. The number of ether oxygens (including phenoxy) is 1. The van der Waals surface area contributed by atoms with Crippen LogP contribution in [0.1, 0.15) is 22.8 Å². The van der Waals surface area contributed by atoms with Crippen molar-refractivity contribution in [2.24, 2.45) is 5.10 Å². The molecule has 0 aromatic heterocycles. The first-order chi connectivity index (χ1) is 12.5. The first-order valence-electron chi connectivity index (χ1n) is 7.77. The number of rotatable bonds is 6.